The fourth-order valence-corrected chi connectivity index (χ4v) is 1.86. The van der Waals surface area contributed by atoms with Crippen LogP contribution in [0.25, 0.3) is 11.5 Å². The van der Waals surface area contributed by atoms with Crippen LogP contribution in [0.2, 0.25) is 0 Å². The minimum Gasteiger partial charge on any atom is -0.475 e. The van der Waals surface area contributed by atoms with Crippen LogP contribution in [0.3, 0.4) is 0 Å². The number of hydrogen-bond acceptors (Lipinski definition) is 6. The summed E-state index contributed by atoms with van der Waals surface area (Å²) in [4.78, 5) is 25.0. The summed E-state index contributed by atoms with van der Waals surface area (Å²) >= 11 is 0. The third-order valence-electron chi connectivity index (χ3n) is 3.14. The fourth-order valence-electron chi connectivity index (χ4n) is 1.86. The van der Waals surface area contributed by atoms with Gasteiger partial charge in [-0.25, -0.2) is 4.79 Å². The monoisotopic (exact) mass is 397 g/mol. The van der Waals surface area contributed by atoms with Gasteiger partial charge in [0.05, 0.1) is 6.26 Å². The van der Waals surface area contributed by atoms with Crippen molar-refractivity contribution in [3.05, 3.63) is 60.2 Å². The summed E-state index contributed by atoms with van der Waals surface area (Å²) in [5.74, 6) is -2.08. The maximum atomic E-state index is 11.9. The van der Waals surface area contributed by atoms with Crippen LogP contribution < -0.4 is 5.32 Å². The van der Waals surface area contributed by atoms with Gasteiger partial charge in [-0.05, 0) is 24.3 Å². The zero-order valence-corrected chi connectivity index (χ0v) is 14.1. The normalized spacial score (nSPS) is 10.7. The average molecular weight is 397 g/mol. The van der Waals surface area contributed by atoms with Gasteiger partial charge in [-0.1, -0.05) is 11.2 Å². The molecule has 3 aromatic rings. The van der Waals surface area contributed by atoms with Crippen molar-refractivity contribution in [3.8, 4) is 11.5 Å². The second kappa shape index (κ2) is 9.35. The second-order valence-electron chi connectivity index (χ2n) is 5.18. The minimum absolute atomic E-state index is 0.224. The molecule has 11 heteroatoms. The van der Waals surface area contributed by atoms with Crippen molar-refractivity contribution >= 4 is 11.9 Å². The molecule has 28 heavy (non-hydrogen) atoms. The molecule has 0 radical (unpaired) electrons. The predicted octanol–water partition coefficient (Wildman–Crippen LogP) is 2.94. The highest BCUT2D eigenvalue weighted by atomic mass is 19.4. The van der Waals surface area contributed by atoms with E-state index in [4.69, 9.17) is 18.8 Å². The van der Waals surface area contributed by atoms with Crippen LogP contribution in [0.5, 0.6) is 0 Å². The number of aliphatic carboxylic acids is 1. The number of halogens is 3. The van der Waals surface area contributed by atoms with E-state index in [-0.39, 0.29) is 11.6 Å². The number of carbonyl (C=O) groups is 2. The molecule has 0 atom stereocenters. The second-order valence-corrected chi connectivity index (χ2v) is 5.18. The van der Waals surface area contributed by atoms with Crippen molar-refractivity contribution in [1.29, 1.82) is 0 Å². The maximum Gasteiger partial charge on any atom is 0.490 e. The Morgan fingerprint density at radius 2 is 1.89 bits per heavy atom. The lowest BCUT2D eigenvalue weighted by Crippen LogP contribution is -2.26. The van der Waals surface area contributed by atoms with Crippen LogP contribution in [0.4, 0.5) is 13.2 Å². The summed E-state index contributed by atoms with van der Waals surface area (Å²) in [6.07, 6.45) is -1.16. The van der Waals surface area contributed by atoms with Gasteiger partial charge in [0.15, 0.2) is 11.5 Å². The Morgan fingerprint density at radius 3 is 2.46 bits per heavy atom. The lowest BCUT2D eigenvalue weighted by Gasteiger charge is -2.01. The molecule has 3 heterocycles. The van der Waals surface area contributed by atoms with Crippen molar-refractivity contribution in [2.75, 3.05) is 6.54 Å². The summed E-state index contributed by atoms with van der Waals surface area (Å²) in [5, 5.41) is 13.6. The Bertz CT molecular complexity index is 892. The van der Waals surface area contributed by atoms with Gasteiger partial charge in [0.2, 0.25) is 5.76 Å². The van der Waals surface area contributed by atoms with Gasteiger partial charge in [0.25, 0.3) is 5.91 Å². The zero-order valence-electron chi connectivity index (χ0n) is 14.1. The quantitative estimate of drug-likeness (QED) is 0.679. The van der Waals surface area contributed by atoms with E-state index in [0.29, 0.717) is 24.5 Å². The summed E-state index contributed by atoms with van der Waals surface area (Å²) in [6.45, 7) is 0.485. The molecule has 0 aliphatic carbocycles. The summed E-state index contributed by atoms with van der Waals surface area (Å²) < 4.78 is 42.0. The lowest BCUT2D eigenvalue weighted by atomic mass is 10.2. The molecule has 0 saturated heterocycles. The highest BCUT2D eigenvalue weighted by Gasteiger charge is 2.38. The van der Waals surface area contributed by atoms with E-state index in [1.54, 1.807) is 24.4 Å². The van der Waals surface area contributed by atoms with Crippen LogP contribution in [0, 0.1) is 0 Å². The van der Waals surface area contributed by atoms with Crippen molar-refractivity contribution < 1.29 is 36.8 Å². The number of hydrogen-bond donors (Lipinski definition) is 2. The first kappa shape index (κ1) is 20.7. The number of nitrogens with one attached hydrogen (secondary N) is 1. The number of nitrogens with zero attached hydrogens (tertiary/aromatic N) is 2. The van der Waals surface area contributed by atoms with Crippen LogP contribution in [0.1, 0.15) is 16.2 Å². The van der Waals surface area contributed by atoms with E-state index >= 15 is 0 Å². The topological polar surface area (TPSA) is 118 Å². The third-order valence-corrected chi connectivity index (χ3v) is 3.14. The molecule has 0 saturated carbocycles. The van der Waals surface area contributed by atoms with E-state index in [2.05, 4.69) is 15.5 Å². The largest absolute Gasteiger partial charge is 0.490 e. The smallest absolute Gasteiger partial charge is 0.475 e. The first-order chi connectivity index (χ1) is 13.3. The van der Waals surface area contributed by atoms with Gasteiger partial charge in [0.1, 0.15) is 0 Å². The van der Waals surface area contributed by atoms with Gasteiger partial charge in [-0.15, -0.1) is 0 Å². The van der Waals surface area contributed by atoms with Gasteiger partial charge in [0, 0.05) is 30.9 Å². The van der Waals surface area contributed by atoms with Gasteiger partial charge in [-0.3, -0.25) is 9.78 Å². The van der Waals surface area contributed by atoms with Gasteiger partial charge in [-0.2, -0.15) is 13.2 Å². The molecule has 0 unspecified atom stereocenters. The number of rotatable bonds is 5. The number of aromatic nitrogens is 2. The molecule has 148 valence electrons. The van der Waals surface area contributed by atoms with E-state index < -0.39 is 12.1 Å². The molecule has 0 spiro atoms. The number of amides is 1. The van der Waals surface area contributed by atoms with Crippen LogP contribution in [-0.2, 0) is 11.2 Å². The number of furan rings is 1. The van der Waals surface area contributed by atoms with E-state index in [9.17, 15) is 18.0 Å². The first-order valence-electron chi connectivity index (χ1n) is 7.76. The number of carbonyl (C=O) groups excluding carboxylic acids is 1. The molecular formula is C17H14F3N3O5. The number of carboxylic acid groups (broad SMARTS) is 1. The lowest BCUT2D eigenvalue weighted by molar-refractivity contribution is -0.192. The summed E-state index contributed by atoms with van der Waals surface area (Å²) in [6, 6.07) is 10.7. The Labute approximate surface area is 156 Å². The van der Waals surface area contributed by atoms with Crippen molar-refractivity contribution in [2.45, 2.75) is 12.6 Å². The average Bonchev–Trinajstić information content (AvgIpc) is 3.34. The van der Waals surface area contributed by atoms with Crippen LogP contribution in [0.15, 0.2) is 57.8 Å². The van der Waals surface area contributed by atoms with Gasteiger partial charge < -0.3 is 19.4 Å². The molecule has 0 bridgehead atoms. The van der Waals surface area contributed by atoms with Gasteiger partial charge >= 0.3 is 12.1 Å². The molecule has 0 aromatic carbocycles. The minimum atomic E-state index is -5.08. The Balaban J connectivity index is 0.000000345. The molecule has 2 N–H and O–H groups in total. The molecule has 3 rings (SSSR count). The number of pyridine rings is 1. The standard InChI is InChI=1S/C15H13N3O3.C2HF3O2/c19-15(17-8-6-11-4-1-2-7-16-11)12-10-14(21-18-12)13-5-3-9-20-13;3-2(4,5)1(6)7/h1-5,7,9-10H,6,8H2,(H,17,19);(H,6,7). The summed E-state index contributed by atoms with van der Waals surface area (Å²) in [7, 11) is 0. The van der Waals surface area contributed by atoms with E-state index in [1.165, 1.54) is 6.26 Å². The molecule has 3 aromatic heterocycles. The highest BCUT2D eigenvalue weighted by molar-refractivity contribution is 5.92. The predicted molar refractivity (Wildman–Crippen MR) is 88.2 cm³/mol. The van der Waals surface area contributed by atoms with Crippen molar-refractivity contribution in [2.24, 2.45) is 0 Å². The fraction of sp³-hybridized carbons (Fsp3) is 0.176. The van der Waals surface area contributed by atoms with Crippen molar-refractivity contribution in [1.82, 2.24) is 15.5 Å². The number of carboxylic acids is 1. The zero-order chi connectivity index (χ0) is 20.6. The Morgan fingerprint density at radius 1 is 1.14 bits per heavy atom. The van der Waals surface area contributed by atoms with E-state index in [1.807, 2.05) is 18.2 Å². The third kappa shape index (κ3) is 6.27. The molecule has 1 amide bonds. The highest BCUT2D eigenvalue weighted by Crippen LogP contribution is 2.20. The van der Waals surface area contributed by atoms with Crippen LogP contribution in [-0.4, -0.2) is 39.8 Å². The SMILES string of the molecule is O=C(NCCc1ccccn1)c1cc(-c2ccco2)on1.O=C(O)C(F)(F)F. The summed E-state index contributed by atoms with van der Waals surface area (Å²) in [5.41, 5.74) is 1.15. The Kier molecular flexibility index (Phi) is 6.90. The maximum absolute atomic E-state index is 11.9. The van der Waals surface area contributed by atoms with Crippen molar-refractivity contribution in [3.63, 3.8) is 0 Å². The number of alkyl halides is 3. The molecule has 0 aliphatic heterocycles. The first-order valence-corrected chi connectivity index (χ1v) is 7.76. The van der Waals surface area contributed by atoms with Crippen LogP contribution >= 0.6 is 0 Å². The molecular weight excluding hydrogens is 383 g/mol. The molecule has 0 fully saturated rings. The molecule has 8 nitrogen and oxygen atoms in total. The van der Waals surface area contributed by atoms with E-state index in [0.717, 1.165) is 5.69 Å². The Hall–Kier alpha value is -3.63. The molecule has 0 aliphatic rings.